The van der Waals surface area contributed by atoms with Gasteiger partial charge in [-0.05, 0) is 37.8 Å². The monoisotopic (exact) mass is 288 g/mol. The molecule has 0 aliphatic carbocycles. The van der Waals surface area contributed by atoms with E-state index in [0.29, 0.717) is 11.9 Å². The van der Waals surface area contributed by atoms with Gasteiger partial charge in [-0.15, -0.1) is 0 Å². The summed E-state index contributed by atoms with van der Waals surface area (Å²) >= 11 is 0. The fourth-order valence-electron chi connectivity index (χ4n) is 3.27. The smallest absolute Gasteiger partial charge is 0.225 e. The van der Waals surface area contributed by atoms with Gasteiger partial charge >= 0.3 is 0 Å². The molecule has 2 fully saturated rings. The normalized spacial score (nSPS) is 23.8. The SMILES string of the molecule is O=C(C1CCOCC1)N1CCCC(Nc2ccccc2)C1. The molecule has 4 nitrogen and oxygen atoms in total. The van der Waals surface area contributed by atoms with Gasteiger partial charge in [-0.3, -0.25) is 4.79 Å². The highest BCUT2D eigenvalue weighted by molar-refractivity contribution is 5.79. The molecule has 1 N–H and O–H groups in total. The van der Waals surface area contributed by atoms with Gasteiger partial charge in [-0.25, -0.2) is 0 Å². The van der Waals surface area contributed by atoms with Gasteiger partial charge in [0.2, 0.25) is 5.91 Å². The third-order valence-corrected chi connectivity index (χ3v) is 4.45. The first kappa shape index (κ1) is 14.4. The minimum absolute atomic E-state index is 0.175. The standard InChI is InChI=1S/C17H24N2O2/c20-17(14-8-11-21-12-9-14)19-10-4-7-16(13-19)18-15-5-2-1-3-6-15/h1-3,5-6,14,16,18H,4,7-13H2. The first-order valence-corrected chi connectivity index (χ1v) is 8.01. The quantitative estimate of drug-likeness (QED) is 0.929. The van der Waals surface area contributed by atoms with Crippen LogP contribution in [-0.2, 0) is 9.53 Å². The fraction of sp³-hybridized carbons (Fsp3) is 0.588. The van der Waals surface area contributed by atoms with Crippen molar-refractivity contribution in [2.45, 2.75) is 31.7 Å². The number of piperidine rings is 1. The molecule has 2 saturated heterocycles. The van der Waals surface area contributed by atoms with Gasteiger partial charge in [0.25, 0.3) is 0 Å². The third-order valence-electron chi connectivity index (χ3n) is 4.45. The summed E-state index contributed by atoms with van der Waals surface area (Å²) in [4.78, 5) is 14.6. The van der Waals surface area contributed by atoms with Crippen molar-refractivity contribution in [1.82, 2.24) is 4.90 Å². The molecule has 1 unspecified atom stereocenters. The van der Waals surface area contributed by atoms with E-state index in [2.05, 4.69) is 22.3 Å². The molecule has 0 saturated carbocycles. The average Bonchev–Trinajstić information content (AvgIpc) is 2.56. The Morgan fingerprint density at radius 1 is 1.14 bits per heavy atom. The molecule has 2 aliphatic rings. The van der Waals surface area contributed by atoms with E-state index in [1.165, 1.54) is 0 Å². The molecule has 1 amide bonds. The minimum Gasteiger partial charge on any atom is -0.381 e. The van der Waals surface area contributed by atoms with E-state index in [4.69, 9.17) is 4.74 Å². The minimum atomic E-state index is 0.175. The zero-order valence-corrected chi connectivity index (χ0v) is 12.5. The van der Waals surface area contributed by atoms with Gasteiger partial charge in [0.15, 0.2) is 0 Å². The largest absolute Gasteiger partial charge is 0.381 e. The van der Waals surface area contributed by atoms with Gasteiger partial charge in [0, 0.05) is 44.0 Å². The van der Waals surface area contributed by atoms with Crippen molar-refractivity contribution in [3.8, 4) is 0 Å². The van der Waals surface area contributed by atoms with Crippen LogP contribution < -0.4 is 5.32 Å². The van der Waals surface area contributed by atoms with Crippen molar-refractivity contribution >= 4 is 11.6 Å². The Bertz CT molecular complexity index is 457. The number of hydrogen-bond acceptors (Lipinski definition) is 3. The van der Waals surface area contributed by atoms with E-state index >= 15 is 0 Å². The molecule has 4 heteroatoms. The van der Waals surface area contributed by atoms with E-state index in [0.717, 1.165) is 57.7 Å². The maximum absolute atomic E-state index is 12.6. The molecule has 114 valence electrons. The highest BCUT2D eigenvalue weighted by atomic mass is 16.5. The van der Waals surface area contributed by atoms with E-state index in [1.54, 1.807) is 0 Å². The Hall–Kier alpha value is -1.55. The zero-order chi connectivity index (χ0) is 14.5. The number of hydrogen-bond donors (Lipinski definition) is 1. The van der Waals surface area contributed by atoms with Crippen molar-refractivity contribution < 1.29 is 9.53 Å². The van der Waals surface area contributed by atoms with Gasteiger partial charge in [-0.1, -0.05) is 18.2 Å². The van der Waals surface area contributed by atoms with Crippen LogP contribution in [0.3, 0.4) is 0 Å². The predicted octanol–water partition coefficient (Wildman–Crippen LogP) is 2.52. The van der Waals surface area contributed by atoms with Gasteiger partial charge in [0.1, 0.15) is 0 Å². The summed E-state index contributed by atoms with van der Waals surface area (Å²) in [5.74, 6) is 0.507. The molecule has 2 aliphatic heterocycles. The maximum Gasteiger partial charge on any atom is 0.225 e. The lowest BCUT2D eigenvalue weighted by Crippen LogP contribution is -2.48. The van der Waals surface area contributed by atoms with Crippen LogP contribution in [0, 0.1) is 5.92 Å². The number of carbonyl (C=O) groups excluding carboxylic acids is 1. The number of anilines is 1. The van der Waals surface area contributed by atoms with Crippen LogP contribution in [0.5, 0.6) is 0 Å². The van der Waals surface area contributed by atoms with E-state index in [-0.39, 0.29) is 5.92 Å². The van der Waals surface area contributed by atoms with Crippen molar-refractivity contribution in [2.24, 2.45) is 5.92 Å². The lowest BCUT2D eigenvalue weighted by Gasteiger charge is -2.36. The number of para-hydroxylation sites is 1. The van der Waals surface area contributed by atoms with Crippen LogP contribution in [0.15, 0.2) is 30.3 Å². The maximum atomic E-state index is 12.6. The van der Waals surface area contributed by atoms with Crippen molar-refractivity contribution in [1.29, 1.82) is 0 Å². The Labute approximate surface area is 126 Å². The second kappa shape index (κ2) is 6.94. The summed E-state index contributed by atoms with van der Waals surface area (Å²) in [6.07, 6.45) is 3.98. The average molecular weight is 288 g/mol. The number of nitrogens with one attached hydrogen (secondary N) is 1. The van der Waals surface area contributed by atoms with Gasteiger partial charge < -0.3 is 15.0 Å². The molecule has 0 bridgehead atoms. The van der Waals surface area contributed by atoms with Gasteiger partial charge in [-0.2, -0.15) is 0 Å². The number of benzene rings is 1. The number of ether oxygens (including phenoxy) is 1. The lowest BCUT2D eigenvalue weighted by atomic mass is 9.96. The molecule has 0 spiro atoms. The molecule has 1 aromatic carbocycles. The number of carbonyl (C=O) groups is 1. The molecule has 0 aromatic heterocycles. The van der Waals surface area contributed by atoms with E-state index in [9.17, 15) is 4.79 Å². The molecule has 21 heavy (non-hydrogen) atoms. The summed E-state index contributed by atoms with van der Waals surface area (Å²) in [7, 11) is 0. The summed E-state index contributed by atoms with van der Waals surface area (Å²) in [5.41, 5.74) is 1.14. The van der Waals surface area contributed by atoms with Crippen LogP contribution in [0.25, 0.3) is 0 Å². The Kier molecular flexibility index (Phi) is 4.76. The van der Waals surface area contributed by atoms with Crippen LogP contribution >= 0.6 is 0 Å². The fourth-order valence-corrected chi connectivity index (χ4v) is 3.27. The molecule has 1 atom stereocenters. The topological polar surface area (TPSA) is 41.6 Å². The number of amides is 1. The zero-order valence-electron chi connectivity index (χ0n) is 12.5. The molecule has 0 radical (unpaired) electrons. The Morgan fingerprint density at radius 3 is 2.67 bits per heavy atom. The number of likely N-dealkylation sites (tertiary alicyclic amines) is 1. The Morgan fingerprint density at radius 2 is 1.90 bits per heavy atom. The highest BCUT2D eigenvalue weighted by Gasteiger charge is 2.29. The van der Waals surface area contributed by atoms with Gasteiger partial charge in [0.05, 0.1) is 0 Å². The first-order valence-electron chi connectivity index (χ1n) is 8.01. The van der Waals surface area contributed by atoms with Crippen LogP contribution in [0.1, 0.15) is 25.7 Å². The first-order chi connectivity index (χ1) is 10.3. The summed E-state index contributed by atoms with van der Waals surface area (Å²) in [6.45, 7) is 3.19. The lowest BCUT2D eigenvalue weighted by molar-refractivity contribution is -0.139. The third kappa shape index (κ3) is 3.76. The van der Waals surface area contributed by atoms with Crippen LogP contribution in [0.4, 0.5) is 5.69 Å². The van der Waals surface area contributed by atoms with E-state index < -0.39 is 0 Å². The molecule has 1 aromatic rings. The molecular weight excluding hydrogens is 264 g/mol. The highest BCUT2D eigenvalue weighted by Crippen LogP contribution is 2.22. The van der Waals surface area contributed by atoms with Crippen molar-refractivity contribution in [2.75, 3.05) is 31.6 Å². The second-order valence-electron chi connectivity index (χ2n) is 6.02. The summed E-state index contributed by atoms with van der Waals surface area (Å²) in [5, 5.41) is 3.55. The van der Waals surface area contributed by atoms with Crippen LogP contribution in [0.2, 0.25) is 0 Å². The van der Waals surface area contributed by atoms with Crippen LogP contribution in [-0.4, -0.2) is 43.2 Å². The Balaban J connectivity index is 1.56. The predicted molar refractivity (Wildman–Crippen MR) is 83.2 cm³/mol. The molecule has 3 rings (SSSR count). The molecular formula is C17H24N2O2. The number of nitrogens with zero attached hydrogens (tertiary/aromatic N) is 1. The van der Waals surface area contributed by atoms with Crippen molar-refractivity contribution in [3.63, 3.8) is 0 Å². The second-order valence-corrected chi connectivity index (χ2v) is 6.02. The number of rotatable bonds is 3. The van der Waals surface area contributed by atoms with E-state index in [1.807, 2.05) is 18.2 Å². The van der Waals surface area contributed by atoms with Crippen molar-refractivity contribution in [3.05, 3.63) is 30.3 Å². The summed E-state index contributed by atoms with van der Waals surface area (Å²) < 4.78 is 5.35. The molecule has 2 heterocycles. The summed E-state index contributed by atoms with van der Waals surface area (Å²) in [6, 6.07) is 10.6.